The summed E-state index contributed by atoms with van der Waals surface area (Å²) in [7, 11) is 0. The van der Waals surface area contributed by atoms with Gasteiger partial charge in [0.2, 0.25) is 5.91 Å². The lowest BCUT2D eigenvalue weighted by Crippen LogP contribution is -2.29. The monoisotopic (exact) mass is 290 g/mol. The van der Waals surface area contributed by atoms with Crippen LogP contribution in [0.5, 0.6) is 0 Å². The number of carbonyl (C=O) groups is 3. The van der Waals surface area contributed by atoms with E-state index in [2.05, 4.69) is 10.6 Å². The quantitative estimate of drug-likeness (QED) is 0.742. The number of hydrogen-bond donors (Lipinski definition) is 3. The van der Waals surface area contributed by atoms with E-state index in [4.69, 9.17) is 5.11 Å². The maximum Gasteiger partial charge on any atom is 0.322 e. The van der Waals surface area contributed by atoms with E-state index in [9.17, 15) is 14.4 Å². The summed E-state index contributed by atoms with van der Waals surface area (Å²) in [6.07, 6.45) is 2.67. The predicted octanol–water partition coefficient (Wildman–Crippen LogP) is 1.63. The van der Waals surface area contributed by atoms with Crippen molar-refractivity contribution in [1.29, 1.82) is 0 Å². The second kappa shape index (κ2) is 5.95. The summed E-state index contributed by atoms with van der Waals surface area (Å²) >= 11 is 0. The molecule has 112 valence electrons. The first kappa shape index (κ1) is 15.0. The van der Waals surface area contributed by atoms with Crippen molar-refractivity contribution in [2.75, 3.05) is 11.9 Å². The first-order chi connectivity index (χ1) is 9.97. The standard InChI is InChI=1S/C15H18N2O4/c1-2-15(7-8-15)14(21)17-11-5-3-10(4-6-11)13(20)16-9-12(18)19/h3-6H,2,7-9H2,1H3,(H,16,20)(H,17,21)(H,18,19). The third-order valence-corrected chi connectivity index (χ3v) is 3.82. The van der Waals surface area contributed by atoms with Crippen LogP contribution < -0.4 is 10.6 Å². The summed E-state index contributed by atoms with van der Waals surface area (Å²) in [5.41, 5.74) is 0.776. The molecule has 1 fully saturated rings. The van der Waals surface area contributed by atoms with E-state index < -0.39 is 18.4 Å². The second-order valence-corrected chi connectivity index (χ2v) is 5.24. The fourth-order valence-corrected chi connectivity index (χ4v) is 2.12. The number of anilines is 1. The fourth-order valence-electron chi connectivity index (χ4n) is 2.12. The third-order valence-electron chi connectivity index (χ3n) is 3.82. The largest absolute Gasteiger partial charge is 0.480 e. The molecule has 0 saturated heterocycles. The Morgan fingerprint density at radius 3 is 2.29 bits per heavy atom. The van der Waals surface area contributed by atoms with Gasteiger partial charge in [-0.1, -0.05) is 6.92 Å². The molecule has 0 aromatic heterocycles. The average molecular weight is 290 g/mol. The van der Waals surface area contributed by atoms with Gasteiger partial charge in [0.25, 0.3) is 5.91 Å². The van der Waals surface area contributed by atoms with Gasteiger partial charge in [0, 0.05) is 16.7 Å². The van der Waals surface area contributed by atoms with Crippen molar-refractivity contribution in [3.63, 3.8) is 0 Å². The number of carboxylic acids is 1. The van der Waals surface area contributed by atoms with Crippen molar-refractivity contribution in [3.8, 4) is 0 Å². The van der Waals surface area contributed by atoms with Gasteiger partial charge < -0.3 is 15.7 Å². The first-order valence-electron chi connectivity index (χ1n) is 6.88. The highest BCUT2D eigenvalue weighted by molar-refractivity contribution is 5.99. The summed E-state index contributed by atoms with van der Waals surface area (Å²) in [5.74, 6) is -1.53. The van der Waals surface area contributed by atoms with Crippen LogP contribution in [0.3, 0.4) is 0 Å². The molecule has 3 N–H and O–H groups in total. The zero-order chi connectivity index (χ0) is 15.5. The molecule has 0 unspecified atom stereocenters. The van der Waals surface area contributed by atoms with Crippen LogP contribution in [0.15, 0.2) is 24.3 Å². The van der Waals surface area contributed by atoms with Crippen molar-refractivity contribution in [1.82, 2.24) is 5.32 Å². The van der Waals surface area contributed by atoms with Crippen molar-refractivity contribution in [3.05, 3.63) is 29.8 Å². The number of carboxylic acid groups (broad SMARTS) is 1. The number of nitrogens with one attached hydrogen (secondary N) is 2. The molecule has 0 heterocycles. The van der Waals surface area contributed by atoms with Gasteiger partial charge in [-0.25, -0.2) is 0 Å². The molecule has 2 amide bonds. The Morgan fingerprint density at radius 2 is 1.81 bits per heavy atom. The minimum Gasteiger partial charge on any atom is -0.480 e. The highest BCUT2D eigenvalue weighted by Gasteiger charge is 2.47. The molecular weight excluding hydrogens is 272 g/mol. The van der Waals surface area contributed by atoms with Gasteiger partial charge in [-0.2, -0.15) is 0 Å². The Balaban J connectivity index is 1.94. The highest BCUT2D eigenvalue weighted by Crippen LogP contribution is 2.49. The molecule has 1 aliphatic rings. The van der Waals surface area contributed by atoms with E-state index in [0.29, 0.717) is 11.3 Å². The highest BCUT2D eigenvalue weighted by atomic mass is 16.4. The van der Waals surface area contributed by atoms with Crippen LogP contribution in [-0.4, -0.2) is 29.4 Å². The molecule has 1 aromatic carbocycles. The zero-order valence-electron chi connectivity index (χ0n) is 11.8. The van der Waals surface area contributed by atoms with Crippen LogP contribution in [-0.2, 0) is 9.59 Å². The maximum atomic E-state index is 12.1. The van der Waals surface area contributed by atoms with E-state index >= 15 is 0 Å². The summed E-state index contributed by atoms with van der Waals surface area (Å²) in [5, 5.41) is 13.6. The number of hydrogen-bond acceptors (Lipinski definition) is 3. The molecular formula is C15H18N2O4. The smallest absolute Gasteiger partial charge is 0.322 e. The molecule has 2 rings (SSSR count). The molecule has 21 heavy (non-hydrogen) atoms. The van der Waals surface area contributed by atoms with Gasteiger partial charge in [-0.15, -0.1) is 0 Å². The summed E-state index contributed by atoms with van der Waals surface area (Å²) in [6.45, 7) is 1.58. The first-order valence-corrected chi connectivity index (χ1v) is 6.88. The molecule has 0 bridgehead atoms. The molecule has 0 atom stereocenters. The van der Waals surface area contributed by atoms with Gasteiger partial charge in [-0.3, -0.25) is 14.4 Å². The van der Waals surface area contributed by atoms with Crippen LogP contribution in [0.2, 0.25) is 0 Å². The minimum atomic E-state index is -1.10. The lowest BCUT2D eigenvalue weighted by atomic mass is 10.0. The van der Waals surface area contributed by atoms with Gasteiger partial charge in [-0.05, 0) is 43.5 Å². The molecule has 0 radical (unpaired) electrons. The van der Waals surface area contributed by atoms with E-state index in [1.54, 1.807) is 24.3 Å². The van der Waals surface area contributed by atoms with Gasteiger partial charge >= 0.3 is 5.97 Å². The fraction of sp³-hybridized carbons (Fsp3) is 0.400. The van der Waals surface area contributed by atoms with Gasteiger partial charge in [0.1, 0.15) is 6.54 Å². The Kier molecular flexibility index (Phi) is 4.26. The Hall–Kier alpha value is -2.37. The van der Waals surface area contributed by atoms with E-state index in [0.717, 1.165) is 19.3 Å². The van der Waals surface area contributed by atoms with Crippen molar-refractivity contribution in [2.45, 2.75) is 26.2 Å². The van der Waals surface area contributed by atoms with Crippen molar-refractivity contribution < 1.29 is 19.5 Å². The second-order valence-electron chi connectivity index (χ2n) is 5.24. The van der Waals surface area contributed by atoms with Crippen LogP contribution in [0.4, 0.5) is 5.69 Å². The maximum absolute atomic E-state index is 12.1. The molecule has 6 heteroatoms. The number of carbonyl (C=O) groups excluding carboxylic acids is 2. The normalized spacial score (nSPS) is 15.1. The summed E-state index contributed by atoms with van der Waals surface area (Å²) in [4.78, 5) is 34.1. The number of amides is 2. The summed E-state index contributed by atoms with van der Waals surface area (Å²) < 4.78 is 0. The lowest BCUT2D eigenvalue weighted by Gasteiger charge is -2.13. The van der Waals surface area contributed by atoms with Crippen molar-refractivity contribution >= 4 is 23.5 Å². The molecule has 1 aliphatic carbocycles. The predicted molar refractivity (Wildman–Crippen MR) is 77.0 cm³/mol. The van der Waals surface area contributed by atoms with Crippen molar-refractivity contribution in [2.24, 2.45) is 5.41 Å². The van der Waals surface area contributed by atoms with E-state index in [-0.39, 0.29) is 11.3 Å². The van der Waals surface area contributed by atoms with Crippen LogP contribution in [0.25, 0.3) is 0 Å². The number of benzene rings is 1. The van der Waals surface area contributed by atoms with E-state index in [1.165, 1.54) is 0 Å². The Labute approximate surface area is 122 Å². The van der Waals surface area contributed by atoms with Gasteiger partial charge in [0.05, 0.1) is 0 Å². The topological polar surface area (TPSA) is 95.5 Å². The Bertz CT molecular complexity index is 562. The lowest BCUT2D eigenvalue weighted by molar-refractivity contribution is -0.135. The van der Waals surface area contributed by atoms with Crippen LogP contribution in [0.1, 0.15) is 36.5 Å². The van der Waals surface area contributed by atoms with Crippen LogP contribution >= 0.6 is 0 Å². The molecule has 1 aromatic rings. The number of aliphatic carboxylic acids is 1. The van der Waals surface area contributed by atoms with Gasteiger partial charge in [0.15, 0.2) is 0 Å². The summed E-state index contributed by atoms with van der Waals surface area (Å²) in [6, 6.07) is 6.38. The molecule has 0 aliphatic heterocycles. The average Bonchev–Trinajstić information content (AvgIpc) is 3.26. The SMILES string of the molecule is CCC1(C(=O)Nc2ccc(C(=O)NCC(=O)O)cc2)CC1. The minimum absolute atomic E-state index is 0.0214. The number of rotatable bonds is 6. The van der Waals surface area contributed by atoms with Crippen LogP contribution in [0, 0.1) is 5.41 Å². The molecule has 0 spiro atoms. The van der Waals surface area contributed by atoms with E-state index in [1.807, 2.05) is 6.92 Å². The third kappa shape index (κ3) is 3.59. The molecule has 6 nitrogen and oxygen atoms in total. The molecule has 1 saturated carbocycles. The Morgan fingerprint density at radius 1 is 1.19 bits per heavy atom. The zero-order valence-corrected chi connectivity index (χ0v) is 11.8.